The van der Waals surface area contributed by atoms with Gasteiger partial charge in [0.1, 0.15) is 0 Å². The van der Waals surface area contributed by atoms with Crippen LogP contribution in [0.2, 0.25) is 0 Å². The van der Waals surface area contributed by atoms with Crippen molar-refractivity contribution in [2.45, 2.75) is 33.2 Å². The molecule has 1 unspecified atom stereocenters. The summed E-state index contributed by atoms with van der Waals surface area (Å²) in [4.78, 5) is 6.78. The molecule has 0 bridgehead atoms. The van der Waals surface area contributed by atoms with Gasteiger partial charge in [0, 0.05) is 19.1 Å². The average molecular weight is 238 g/mol. The van der Waals surface area contributed by atoms with Crippen LogP contribution in [-0.4, -0.2) is 50.1 Å². The molecular formula is C13H26N4. The van der Waals surface area contributed by atoms with Crippen molar-refractivity contribution >= 4 is 5.96 Å². The van der Waals surface area contributed by atoms with E-state index in [-0.39, 0.29) is 0 Å². The van der Waals surface area contributed by atoms with Gasteiger partial charge in [0.25, 0.3) is 0 Å². The van der Waals surface area contributed by atoms with E-state index in [4.69, 9.17) is 6.42 Å². The second kappa shape index (κ2) is 9.98. The Bertz CT molecular complexity index is 255. The number of nitrogens with one attached hydrogen (secondary N) is 2. The third-order valence-electron chi connectivity index (χ3n) is 2.77. The first kappa shape index (κ1) is 15.8. The lowest BCUT2D eigenvalue weighted by atomic mass is 10.2. The monoisotopic (exact) mass is 238 g/mol. The molecule has 0 radical (unpaired) electrons. The zero-order valence-electron chi connectivity index (χ0n) is 11.6. The fourth-order valence-electron chi connectivity index (χ4n) is 1.33. The van der Waals surface area contributed by atoms with E-state index < -0.39 is 0 Å². The SMILES string of the molecule is C#CCNC(=NCCN(C)C(C)CC)NCC. The van der Waals surface area contributed by atoms with Gasteiger partial charge in [-0.3, -0.25) is 4.99 Å². The highest BCUT2D eigenvalue weighted by atomic mass is 15.2. The zero-order chi connectivity index (χ0) is 13.1. The summed E-state index contributed by atoms with van der Waals surface area (Å²) in [5, 5.41) is 6.23. The minimum atomic E-state index is 0.507. The molecule has 17 heavy (non-hydrogen) atoms. The number of aliphatic imine (C=N–C) groups is 1. The second-order valence-electron chi connectivity index (χ2n) is 4.06. The predicted octanol–water partition coefficient (Wildman–Crippen LogP) is 0.905. The fourth-order valence-corrected chi connectivity index (χ4v) is 1.33. The van der Waals surface area contributed by atoms with Crippen LogP contribution >= 0.6 is 0 Å². The molecule has 4 nitrogen and oxygen atoms in total. The summed E-state index contributed by atoms with van der Waals surface area (Å²) in [6.45, 7) is 9.56. The third kappa shape index (κ3) is 7.64. The normalized spacial score (nSPS) is 13.3. The highest BCUT2D eigenvalue weighted by molar-refractivity contribution is 5.79. The fraction of sp³-hybridized carbons (Fsp3) is 0.769. The first-order valence-electron chi connectivity index (χ1n) is 6.31. The van der Waals surface area contributed by atoms with Crippen LogP contribution in [0.3, 0.4) is 0 Å². The molecule has 0 aliphatic rings. The molecule has 2 N–H and O–H groups in total. The zero-order valence-corrected chi connectivity index (χ0v) is 11.6. The Labute approximate surface area is 106 Å². The van der Waals surface area contributed by atoms with Gasteiger partial charge in [-0.05, 0) is 27.3 Å². The molecular weight excluding hydrogens is 212 g/mol. The van der Waals surface area contributed by atoms with Crippen LogP contribution in [0.4, 0.5) is 0 Å². The van der Waals surface area contributed by atoms with E-state index in [0.29, 0.717) is 12.6 Å². The summed E-state index contributed by atoms with van der Waals surface area (Å²) in [6, 6.07) is 0.603. The number of likely N-dealkylation sites (N-methyl/N-ethyl adjacent to an activating group) is 1. The summed E-state index contributed by atoms with van der Waals surface area (Å²) in [7, 11) is 2.13. The summed E-state index contributed by atoms with van der Waals surface area (Å²) in [6.07, 6.45) is 6.37. The first-order valence-corrected chi connectivity index (χ1v) is 6.31. The Morgan fingerprint density at radius 1 is 1.41 bits per heavy atom. The van der Waals surface area contributed by atoms with Crippen molar-refractivity contribution < 1.29 is 0 Å². The van der Waals surface area contributed by atoms with Gasteiger partial charge in [0.15, 0.2) is 5.96 Å². The molecule has 0 aliphatic carbocycles. The Hall–Kier alpha value is -1.21. The molecule has 0 saturated carbocycles. The molecule has 0 rings (SSSR count). The van der Waals surface area contributed by atoms with Crippen LogP contribution in [-0.2, 0) is 0 Å². The van der Waals surface area contributed by atoms with Crippen molar-refractivity contribution in [2.24, 2.45) is 4.99 Å². The van der Waals surface area contributed by atoms with Gasteiger partial charge in [-0.15, -0.1) is 6.42 Å². The molecule has 0 saturated heterocycles. The van der Waals surface area contributed by atoms with Gasteiger partial charge in [-0.2, -0.15) is 0 Å². The Morgan fingerprint density at radius 3 is 2.65 bits per heavy atom. The molecule has 0 aliphatic heterocycles. The molecule has 1 atom stereocenters. The number of rotatable bonds is 7. The van der Waals surface area contributed by atoms with Crippen LogP contribution in [0.15, 0.2) is 4.99 Å². The number of hydrogen-bond donors (Lipinski definition) is 2. The lowest BCUT2D eigenvalue weighted by Gasteiger charge is -2.22. The summed E-state index contributed by atoms with van der Waals surface area (Å²) < 4.78 is 0. The number of hydrogen-bond acceptors (Lipinski definition) is 2. The van der Waals surface area contributed by atoms with Crippen molar-refractivity contribution in [1.29, 1.82) is 0 Å². The number of guanidine groups is 1. The minimum Gasteiger partial charge on any atom is -0.357 e. The Balaban J connectivity index is 4.02. The van der Waals surface area contributed by atoms with Crippen molar-refractivity contribution in [3.63, 3.8) is 0 Å². The number of nitrogens with zero attached hydrogens (tertiary/aromatic N) is 2. The van der Waals surface area contributed by atoms with Crippen LogP contribution < -0.4 is 10.6 Å². The van der Waals surface area contributed by atoms with Crippen molar-refractivity contribution in [2.75, 3.05) is 33.2 Å². The highest BCUT2D eigenvalue weighted by Gasteiger charge is 2.05. The van der Waals surface area contributed by atoms with E-state index in [0.717, 1.165) is 32.0 Å². The van der Waals surface area contributed by atoms with Crippen molar-refractivity contribution in [1.82, 2.24) is 15.5 Å². The molecule has 0 aromatic carbocycles. The van der Waals surface area contributed by atoms with Gasteiger partial charge in [0.05, 0.1) is 13.1 Å². The van der Waals surface area contributed by atoms with E-state index >= 15 is 0 Å². The molecule has 0 aromatic rings. The topological polar surface area (TPSA) is 39.7 Å². The molecule has 0 spiro atoms. The van der Waals surface area contributed by atoms with E-state index in [1.54, 1.807) is 0 Å². The quantitative estimate of drug-likeness (QED) is 0.393. The summed E-state index contributed by atoms with van der Waals surface area (Å²) in [5.41, 5.74) is 0. The van der Waals surface area contributed by atoms with Gasteiger partial charge < -0.3 is 15.5 Å². The lowest BCUT2D eigenvalue weighted by Crippen LogP contribution is -2.38. The molecule has 0 aromatic heterocycles. The Kier molecular flexibility index (Phi) is 9.27. The maximum Gasteiger partial charge on any atom is 0.192 e. The van der Waals surface area contributed by atoms with E-state index in [2.05, 4.69) is 47.3 Å². The van der Waals surface area contributed by atoms with Crippen LogP contribution in [0.1, 0.15) is 27.2 Å². The van der Waals surface area contributed by atoms with E-state index in [9.17, 15) is 0 Å². The predicted molar refractivity (Wildman–Crippen MR) is 75.2 cm³/mol. The van der Waals surface area contributed by atoms with Crippen molar-refractivity contribution in [3.8, 4) is 12.3 Å². The van der Waals surface area contributed by atoms with Gasteiger partial charge >= 0.3 is 0 Å². The van der Waals surface area contributed by atoms with E-state index in [1.165, 1.54) is 0 Å². The largest absolute Gasteiger partial charge is 0.357 e. The molecule has 0 fully saturated rings. The summed E-state index contributed by atoms with van der Waals surface area (Å²) >= 11 is 0. The third-order valence-corrected chi connectivity index (χ3v) is 2.77. The minimum absolute atomic E-state index is 0.507. The highest BCUT2D eigenvalue weighted by Crippen LogP contribution is 1.98. The summed E-state index contributed by atoms with van der Waals surface area (Å²) in [5.74, 6) is 3.34. The van der Waals surface area contributed by atoms with Crippen LogP contribution in [0, 0.1) is 12.3 Å². The standard InChI is InChI=1S/C13H26N4/c1-6-9-15-13(14-8-3)16-10-11-17(5)12(4)7-2/h1,12H,7-11H2,2-5H3,(H2,14,15,16). The van der Waals surface area contributed by atoms with Crippen LogP contribution in [0.25, 0.3) is 0 Å². The van der Waals surface area contributed by atoms with Gasteiger partial charge in [0.2, 0.25) is 0 Å². The number of terminal acetylenes is 1. The second-order valence-corrected chi connectivity index (χ2v) is 4.06. The average Bonchev–Trinajstić information content (AvgIpc) is 2.34. The smallest absolute Gasteiger partial charge is 0.192 e. The van der Waals surface area contributed by atoms with Gasteiger partial charge in [-0.1, -0.05) is 12.8 Å². The maximum atomic E-state index is 5.20. The molecule has 4 heteroatoms. The first-order chi connectivity index (χ1) is 8.15. The van der Waals surface area contributed by atoms with Crippen molar-refractivity contribution in [3.05, 3.63) is 0 Å². The maximum absolute atomic E-state index is 5.20. The lowest BCUT2D eigenvalue weighted by molar-refractivity contribution is 0.259. The molecule has 0 amide bonds. The van der Waals surface area contributed by atoms with Gasteiger partial charge in [-0.25, -0.2) is 0 Å². The molecule has 98 valence electrons. The molecule has 0 heterocycles. The van der Waals surface area contributed by atoms with E-state index in [1.807, 2.05) is 6.92 Å². The van der Waals surface area contributed by atoms with Crippen LogP contribution in [0.5, 0.6) is 0 Å². The Morgan fingerprint density at radius 2 is 2.12 bits per heavy atom.